The molecule has 0 radical (unpaired) electrons. The van der Waals surface area contributed by atoms with Crippen molar-refractivity contribution in [3.8, 4) is 0 Å². The second-order valence-corrected chi connectivity index (χ2v) is 8.96. The molecule has 2 heterocycles. The number of nitrogens with two attached hydrogens (primary N) is 1. The van der Waals surface area contributed by atoms with Gasteiger partial charge in [-0.2, -0.15) is 0 Å². The molecule has 8 nitrogen and oxygen atoms in total. The van der Waals surface area contributed by atoms with Gasteiger partial charge < -0.3 is 21.1 Å². The van der Waals surface area contributed by atoms with Gasteiger partial charge in [-0.05, 0) is 50.6 Å². The zero-order valence-corrected chi connectivity index (χ0v) is 17.8. The van der Waals surface area contributed by atoms with Crippen molar-refractivity contribution in [2.75, 3.05) is 10.6 Å². The maximum atomic E-state index is 12.7. The summed E-state index contributed by atoms with van der Waals surface area (Å²) < 4.78 is 5.33. The molecule has 1 saturated carbocycles. The van der Waals surface area contributed by atoms with E-state index in [0.717, 1.165) is 29.1 Å². The molecule has 1 fully saturated rings. The van der Waals surface area contributed by atoms with Crippen molar-refractivity contribution >= 4 is 56.4 Å². The monoisotopic (exact) mass is 435 g/mol. The fraction of sp³-hybridized carbons (Fsp3) is 0.368. The van der Waals surface area contributed by atoms with Gasteiger partial charge in [-0.25, -0.2) is 4.79 Å². The van der Waals surface area contributed by atoms with Gasteiger partial charge in [0.25, 0.3) is 11.8 Å². The van der Waals surface area contributed by atoms with E-state index in [4.69, 9.17) is 10.5 Å². The van der Waals surface area contributed by atoms with Gasteiger partial charge in [0.15, 0.2) is 6.10 Å². The molecule has 0 saturated heterocycles. The van der Waals surface area contributed by atoms with E-state index < -0.39 is 23.9 Å². The summed E-state index contributed by atoms with van der Waals surface area (Å²) in [5.74, 6) is -2.05. The fourth-order valence-corrected chi connectivity index (χ4v) is 4.45. The third kappa shape index (κ3) is 4.65. The van der Waals surface area contributed by atoms with E-state index in [1.165, 1.54) is 24.3 Å². The van der Waals surface area contributed by atoms with Gasteiger partial charge in [0.2, 0.25) is 5.91 Å². The number of carbonyl (C=O) groups excluding carboxylic acids is 4. The summed E-state index contributed by atoms with van der Waals surface area (Å²) in [7, 11) is 0. The third-order valence-electron chi connectivity index (χ3n) is 4.59. The maximum absolute atomic E-state index is 12.7. The van der Waals surface area contributed by atoms with E-state index >= 15 is 0 Å². The van der Waals surface area contributed by atoms with E-state index in [1.807, 2.05) is 6.92 Å². The highest BCUT2D eigenvalue weighted by Crippen LogP contribution is 2.36. The lowest BCUT2D eigenvalue weighted by molar-refractivity contribution is -0.123. The number of carbonyl (C=O) groups is 4. The van der Waals surface area contributed by atoms with Gasteiger partial charge in [-0.1, -0.05) is 0 Å². The van der Waals surface area contributed by atoms with Gasteiger partial charge in [-0.15, -0.1) is 22.7 Å². The second-order valence-electron chi connectivity index (χ2n) is 6.82. The number of thiophene rings is 2. The Kier molecular flexibility index (Phi) is 6.04. The molecule has 3 amide bonds. The molecule has 0 aliphatic heterocycles. The number of primary amides is 1. The number of aryl methyl sites for hydroxylation is 1. The van der Waals surface area contributed by atoms with Crippen molar-refractivity contribution in [3.05, 3.63) is 33.0 Å². The summed E-state index contributed by atoms with van der Waals surface area (Å²) >= 11 is 2.45. The highest BCUT2D eigenvalue weighted by molar-refractivity contribution is 7.17. The minimum absolute atomic E-state index is 0.00321. The Labute approximate surface area is 175 Å². The normalized spacial score (nSPS) is 14.2. The Morgan fingerprint density at radius 1 is 1.17 bits per heavy atom. The van der Waals surface area contributed by atoms with Crippen molar-refractivity contribution in [1.29, 1.82) is 0 Å². The van der Waals surface area contributed by atoms with Crippen molar-refractivity contribution in [1.82, 2.24) is 0 Å². The molecule has 29 heavy (non-hydrogen) atoms. The number of ether oxygens (including phenoxy) is 1. The van der Waals surface area contributed by atoms with Crippen LogP contribution < -0.4 is 16.4 Å². The molecule has 0 aromatic carbocycles. The molecule has 10 heteroatoms. The minimum atomic E-state index is -1.11. The number of hydrogen-bond acceptors (Lipinski definition) is 7. The van der Waals surface area contributed by atoms with Crippen LogP contribution in [-0.2, 0) is 14.3 Å². The number of nitrogens with one attached hydrogen (secondary N) is 2. The molecule has 3 rings (SSSR count). The minimum Gasteiger partial charge on any atom is -0.449 e. The number of hydrogen-bond donors (Lipinski definition) is 3. The van der Waals surface area contributed by atoms with E-state index in [0.29, 0.717) is 15.6 Å². The number of anilines is 2. The van der Waals surface area contributed by atoms with Crippen LogP contribution in [0.1, 0.15) is 50.9 Å². The highest BCUT2D eigenvalue weighted by atomic mass is 32.1. The van der Waals surface area contributed by atoms with E-state index in [1.54, 1.807) is 12.3 Å². The molecule has 1 aliphatic carbocycles. The Hall–Kier alpha value is -2.72. The first-order chi connectivity index (χ1) is 13.7. The lowest BCUT2D eigenvalue weighted by Crippen LogP contribution is -2.30. The van der Waals surface area contributed by atoms with Crippen LogP contribution in [0.5, 0.6) is 0 Å². The van der Waals surface area contributed by atoms with Crippen molar-refractivity contribution in [2.24, 2.45) is 11.7 Å². The van der Waals surface area contributed by atoms with Crippen LogP contribution in [-0.4, -0.2) is 29.8 Å². The van der Waals surface area contributed by atoms with Gasteiger partial charge in [0, 0.05) is 10.8 Å². The standard InChI is InChI=1S/C19H21N3O5S2/c1-8-10(3)29-18(22-16(25)11-4-5-11)13(8)19(26)27-9(2)15(24)21-17-12(14(20)23)6-7-28-17/h6-7,9,11H,4-5H2,1-3H3,(H2,20,23)(H,21,24)(H,22,25). The predicted molar refractivity (Wildman–Crippen MR) is 111 cm³/mol. The smallest absolute Gasteiger partial charge is 0.342 e. The zero-order valence-electron chi connectivity index (χ0n) is 16.2. The molecule has 0 bridgehead atoms. The molecular weight excluding hydrogens is 414 g/mol. The molecule has 2 aromatic heterocycles. The van der Waals surface area contributed by atoms with Crippen LogP contribution in [0.2, 0.25) is 0 Å². The van der Waals surface area contributed by atoms with Crippen LogP contribution in [0.15, 0.2) is 11.4 Å². The Morgan fingerprint density at radius 2 is 1.86 bits per heavy atom. The fourth-order valence-electron chi connectivity index (χ4n) is 2.61. The summed E-state index contributed by atoms with van der Waals surface area (Å²) in [6.45, 7) is 5.05. The van der Waals surface area contributed by atoms with E-state index in [2.05, 4.69) is 10.6 Å². The lowest BCUT2D eigenvalue weighted by Gasteiger charge is -2.14. The quantitative estimate of drug-likeness (QED) is 0.576. The predicted octanol–water partition coefficient (Wildman–Crippen LogP) is 3.06. The van der Waals surface area contributed by atoms with Crippen molar-refractivity contribution in [2.45, 2.75) is 39.7 Å². The number of esters is 1. The molecule has 2 aromatic rings. The van der Waals surface area contributed by atoms with Crippen LogP contribution in [0.3, 0.4) is 0 Å². The SMILES string of the molecule is Cc1sc(NC(=O)C2CC2)c(C(=O)OC(C)C(=O)Nc2sccc2C(N)=O)c1C. The largest absolute Gasteiger partial charge is 0.449 e. The average molecular weight is 436 g/mol. The van der Waals surface area contributed by atoms with Gasteiger partial charge in [-0.3, -0.25) is 14.4 Å². The molecule has 154 valence electrons. The van der Waals surface area contributed by atoms with Crippen LogP contribution in [0.4, 0.5) is 10.0 Å². The Morgan fingerprint density at radius 3 is 2.48 bits per heavy atom. The van der Waals surface area contributed by atoms with E-state index in [-0.39, 0.29) is 23.0 Å². The summed E-state index contributed by atoms with van der Waals surface area (Å²) in [5.41, 5.74) is 6.42. The molecule has 1 unspecified atom stereocenters. The van der Waals surface area contributed by atoms with Gasteiger partial charge in [0.05, 0.1) is 11.1 Å². The molecule has 0 spiro atoms. The van der Waals surface area contributed by atoms with Crippen molar-refractivity contribution < 1.29 is 23.9 Å². The third-order valence-corrected chi connectivity index (χ3v) is 6.55. The summed E-state index contributed by atoms with van der Waals surface area (Å²) in [6, 6.07) is 1.51. The highest BCUT2D eigenvalue weighted by Gasteiger charge is 2.32. The Bertz CT molecular complexity index is 990. The summed E-state index contributed by atoms with van der Waals surface area (Å²) in [6.07, 6.45) is 0.585. The number of rotatable bonds is 7. The van der Waals surface area contributed by atoms with Crippen LogP contribution >= 0.6 is 22.7 Å². The van der Waals surface area contributed by atoms with Gasteiger partial charge >= 0.3 is 5.97 Å². The number of amides is 3. The molecule has 4 N–H and O–H groups in total. The van der Waals surface area contributed by atoms with Crippen LogP contribution in [0.25, 0.3) is 0 Å². The summed E-state index contributed by atoms with van der Waals surface area (Å²) in [5, 5.41) is 7.71. The topological polar surface area (TPSA) is 128 Å². The first-order valence-corrected chi connectivity index (χ1v) is 10.7. The second kappa shape index (κ2) is 8.34. The maximum Gasteiger partial charge on any atom is 0.342 e. The Balaban J connectivity index is 1.70. The summed E-state index contributed by atoms with van der Waals surface area (Å²) in [4.78, 5) is 49.5. The van der Waals surface area contributed by atoms with Crippen LogP contribution in [0, 0.1) is 19.8 Å². The molecule has 1 aliphatic rings. The zero-order chi connectivity index (χ0) is 21.3. The van der Waals surface area contributed by atoms with E-state index in [9.17, 15) is 19.2 Å². The molecular formula is C19H21N3O5S2. The van der Waals surface area contributed by atoms with Crippen molar-refractivity contribution in [3.63, 3.8) is 0 Å². The first kappa shape index (κ1) is 21.0. The lowest BCUT2D eigenvalue weighted by atomic mass is 10.1. The molecule has 1 atom stereocenters. The first-order valence-electron chi connectivity index (χ1n) is 8.99. The van der Waals surface area contributed by atoms with Gasteiger partial charge in [0.1, 0.15) is 10.0 Å². The average Bonchev–Trinajstić information content (AvgIpc) is 3.33.